The Morgan fingerprint density at radius 1 is 1.47 bits per heavy atom. The van der Waals surface area contributed by atoms with Gasteiger partial charge in [-0.05, 0) is 12.8 Å². The molecule has 0 bridgehead atoms. The zero-order chi connectivity index (χ0) is 11.7. The highest BCUT2D eigenvalue weighted by atomic mass is 32.2. The fourth-order valence-electron chi connectivity index (χ4n) is 1.58. The van der Waals surface area contributed by atoms with Gasteiger partial charge >= 0.3 is 0 Å². The van der Waals surface area contributed by atoms with Gasteiger partial charge in [0.15, 0.2) is 15.8 Å². The third-order valence-corrected chi connectivity index (χ3v) is 5.15. The molecule has 6 heteroatoms. The average molecular weight is 233 g/mol. The number of guanidine groups is 1. The molecule has 1 fully saturated rings. The van der Waals surface area contributed by atoms with Gasteiger partial charge in [-0.3, -0.25) is 4.99 Å². The lowest BCUT2D eigenvalue weighted by atomic mass is 9.84. The SMILES string of the molecule is CN(C)C(N)=NCC1(S(C)(=O)=O)CCC1. The van der Waals surface area contributed by atoms with Crippen molar-refractivity contribution in [3.8, 4) is 0 Å². The number of nitrogens with zero attached hydrogens (tertiary/aromatic N) is 2. The largest absolute Gasteiger partial charge is 0.370 e. The zero-order valence-electron chi connectivity index (χ0n) is 9.52. The number of aliphatic imine (C=N–C) groups is 1. The fraction of sp³-hybridized carbons (Fsp3) is 0.889. The Balaban J connectivity index is 2.76. The van der Waals surface area contributed by atoms with E-state index < -0.39 is 14.6 Å². The van der Waals surface area contributed by atoms with Gasteiger partial charge in [0, 0.05) is 20.4 Å². The molecule has 1 rings (SSSR count). The van der Waals surface area contributed by atoms with Crippen molar-refractivity contribution < 1.29 is 8.42 Å². The van der Waals surface area contributed by atoms with Crippen LogP contribution in [0, 0.1) is 0 Å². The van der Waals surface area contributed by atoms with Crippen LogP contribution in [0.25, 0.3) is 0 Å². The van der Waals surface area contributed by atoms with E-state index in [1.54, 1.807) is 19.0 Å². The second kappa shape index (κ2) is 4.00. The van der Waals surface area contributed by atoms with Crippen molar-refractivity contribution in [1.29, 1.82) is 0 Å². The molecule has 1 aliphatic rings. The minimum atomic E-state index is -3.03. The molecule has 0 unspecified atom stereocenters. The van der Waals surface area contributed by atoms with Crippen molar-refractivity contribution in [1.82, 2.24) is 4.90 Å². The first-order valence-electron chi connectivity index (χ1n) is 4.95. The first-order chi connectivity index (χ1) is 6.78. The first kappa shape index (κ1) is 12.3. The highest BCUT2D eigenvalue weighted by Gasteiger charge is 2.46. The third kappa shape index (κ3) is 2.42. The molecule has 0 saturated heterocycles. The summed E-state index contributed by atoms with van der Waals surface area (Å²) in [4.78, 5) is 5.80. The summed E-state index contributed by atoms with van der Waals surface area (Å²) in [5, 5.41) is 0. The van der Waals surface area contributed by atoms with Crippen molar-refractivity contribution in [3.05, 3.63) is 0 Å². The maximum atomic E-state index is 11.6. The monoisotopic (exact) mass is 233 g/mol. The fourth-order valence-corrected chi connectivity index (χ4v) is 2.91. The molecule has 0 amide bonds. The lowest BCUT2D eigenvalue weighted by Gasteiger charge is -2.38. The molecule has 0 aromatic carbocycles. The highest BCUT2D eigenvalue weighted by molar-refractivity contribution is 7.92. The lowest BCUT2D eigenvalue weighted by Crippen LogP contribution is -2.48. The van der Waals surface area contributed by atoms with Crippen LogP contribution in [-0.2, 0) is 9.84 Å². The van der Waals surface area contributed by atoms with Crippen molar-refractivity contribution in [3.63, 3.8) is 0 Å². The topological polar surface area (TPSA) is 75.8 Å². The van der Waals surface area contributed by atoms with E-state index in [9.17, 15) is 8.42 Å². The van der Waals surface area contributed by atoms with Crippen LogP contribution in [0.3, 0.4) is 0 Å². The summed E-state index contributed by atoms with van der Waals surface area (Å²) >= 11 is 0. The van der Waals surface area contributed by atoms with Gasteiger partial charge in [0.25, 0.3) is 0 Å². The molecule has 0 aromatic rings. The summed E-state index contributed by atoms with van der Waals surface area (Å²) in [5.41, 5.74) is 5.63. The molecule has 15 heavy (non-hydrogen) atoms. The minimum absolute atomic E-state index is 0.288. The van der Waals surface area contributed by atoms with Gasteiger partial charge in [0.1, 0.15) is 0 Å². The van der Waals surface area contributed by atoms with Crippen molar-refractivity contribution in [2.45, 2.75) is 24.0 Å². The van der Waals surface area contributed by atoms with Crippen LogP contribution in [0.15, 0.2) is 4.99 Å². The first-order valence-corrected chi connectivity index (χ1v) is 6.84. The number of hydrogen-bond acceptors (Lipinski definition) is 3. The smallest absolute Gasteiger partial charge is 0.190 e. The standard InChI is InChI=1S/C9H19N3O2S/c1-12(2)8(10)11-7-9(5-4-6-9)15(3,13)14/h4-7H2,1-3H3,(H2,10,11). The summed E-state index contributed by atoms with van der Waals surface area (Å²) in [6.45, 7) is 0.288. The molecule has 0 aromatic heterocycles. The minimum Gasteiger partial charge on any atom is -0.370 e. The summed E-state index contributed by atoms with van der Waals surface area (Å²) < 4.78 is 22.5. The predicted octanol–water partition coefficient (Wildman–Crippen LogP) is -0.170. The van der Waals surface area contributed by atoms with Gasteiger partial charge in [-0.2, -0.15) is 0 Å². The van der Waals surface area contributed by atoms with Gasteiger partial charge in [-0.15, -0.1) is 0 Å². The number of sulfone groups is 1. The van der Waals surface area contributed by atoms with Gasteiger partial charge in [-0.25, -0.2) is 8.42 Å². The molecule has 0 atom stereocenters. The Morgan fingerprint density at radius 3 is 2.27 bits per heavy atom. The van der Waals surface area contributed by atoms with Crippen LogP contribution in [0.1, 0.15) is 19.3 Å². The van der Waals surface area contributed by atoms with Gasteiger partial charge in [0.2, 0.25) is 0 Å². The van der Waals surface area contributed by atoms with E-state index in [2.05, 4.69) is 4.99 Å². The zero-order valence-corrected chi connectivity index (χ0v) is 10.3. The summed E-state index contributed by atoms with van der Waals surface area (Å²) in [5.74, 6) is 0.380. The molecule has 0 aliphatic heterocycles. The van der Waals surface area contributed by atoms with Crippen molar-refractivity contribution >= 4 is 15.8 Å². The van der Waals surface area contributed by atoms with Crippen LogP contribution in [0.2, 0.25) is 0 Å². The molecule has 88 valence electrons. The molecule has 5 nitrogen and oxygen atoms in total. The van der Waals surface area contributed by atoms with Gasteiger partial charge in [0.05, 0.1) is 11.3 Å². The second-order valence-electron chi connectivity index (χ2n) is 4.38. The molecule has 0 radical (unpaired) electrons. The Labute approximate surface area is 91.3 Å². The van der Waals surface area contributed by atoms with E-state index in [1.807, 2.05) is 0 Å². The van der Waals surface area contributed by atoms with Crippen LogP contribution >= 0.6 is 0 Å². The highest BCUT2D eigenvalue weighted by Crippen LogP contribution is 2.39. The van der Waals surface area contributed by atoms with Crippen LogP contribution in [0.4, 0.5) is 0 Å². The van der Waals surface area contributed by atoms with E-state index in [-0.39, 0.29) is 6.54 Å². The summed E-state index contributed by atoms with van der Waals surface area (Å²) in [6.07, 6.45) is 3.66. The Bertz CT molecular complexity index is 356. The Kier molecular flexibility index (Phi) is 3.28. The Hall–Kier alpha value is -0.780. The van der Waals surface area contributed by atoms with E-state index in [1.165, 1.54) is 6.26 Å². The molecule has 0 heterocycles. The normalized spacial score (nSPS) is 20.9. The number of nitrogens with two attached hydrogens (primary N) is 1. The molecule has 1 aliphatic carbocycles. The maximum Gasteiger partial charge on any atom is 0.190 e. The number of rotatable bonds is 3. The van der Waals surface area contributed by atoms with Crippen molar-refractivity contribution in [2.75, 3.05) is 26.9 Å². The van der Waals surface area contributed by atoms with Crippen LogP contribution < -0.4 is 5.73 Å². The molecule has 1 saturated carbocycles. The third-order valence-electron chi connectivity index (χ3n) is 3.04. The van der Waals surface area contributed by atoms with E-state index in [0.29, 0.717) is 18.8 Å². The van der Waals surface area contributed by atoms with Crippen molar-refractivity contribution in [2.24, 2.45) is 10.7 Å². The maximum absolute atomic E-state index is 11.6. The van der Waals surface area contributed by atoms with E-state index in [0.717, 1.165) is 6.42 Å². The number of hydrogen-bond donors (Lipinski definition) is 1. The van der Waals surface area contributed by atoms with Crippen LogP contribution in [-0.4, -0.2) is 50.9 Å². The van der Waals surface area contributed by atoms with E-state index >= 15 is 0 Å². The molecular weight excluding hydrogens is 214 g/mol. The molecular formula is C9H19N3O2S. The quantitative estimate of drug-likeness (QED) is 0.542. The second-order valence-corrected chi connectivity index (χ2v) is 6.79. The Morgan fingerprint density at radius 2 is 2.00 bits per heavy atom. The molecule has 0 spiro atoms. The lowest BCUT2D eigenvalue weighted by molar-refractivity contribution is 0.345. The van der Waals surface area contributed by atoms with Crippen LogP contribution in [0.5, 0.6) is 0 Å². The average Bonchev–Trinajstić information content (AvgIpc) is 1.98. The van der Waals surface area contributed by atoms with Gasteiger partial charge < -0.3 is 10.6 Å². The van der Waals surface area contributed by atoms with E-state index in [4.69, 9.17) is 5.73 Å². The summed E-state index contributed by atoms with van der Waals surface area (Å²) in [6, 6.07) is 0. The molecule has 2 N–H and O–H groups in total. The summed E-state index contributed by atoms with van der Waals surface area (Å²) in [7, 11) is 0.539. The predicted molar refractivity (Wildman–Crippen MR) is 61.6 cm³/mol. The van der Waals surface area contributed by atoms with Gasteiger partial charge in [-0.1, -0.05) is 6.42 Å².